The van der Waals surface area contributed by atoms with Gasteiger partial charge in [0.15, 0.2) is 0 Å². The van der Waals surface area contributed by atoms with Crippen molar-refractivity contribution in [2.24, 2.45) is 11.7 Å². The average Bonchev–Trinajstić information content (AvgIpc) is 2.54. The normalized spacial score (nSPS) is 11.7. The van der Waals surface area contributed by atoms with Gasteiger partial charge in [0.1, 0.15) is 0 Å². The van der Waals surface area contributed by atoms with Crippen molar-refractivity contribution in [3.05, 3.63) is 29.8 Å². The third-order valence-corrected chi connectivity index (χ3v) is 3.28. The van der Waals surface area contributed by atoms with Gasteiger partial charge in [0.25, 0.3) is 5.91 Å². The van der Waals surface area contributed by atoms with E-state index >= 15 is 0 Å². The third-order valence-electron chi connectivity index (χ3n) is 3.28. The molecule has 4 N–H and O–H groups in total. The van der Waals surface area contributed by atoms with Crippen LogP contribution in [0.5, 0.6) is 0 Å². The SMILES string of the molecule is COC(=O)CCNC(=O)c1ccc(NC(=O)[C@@H](N)C(C)C)cc1. The highest BCUT2D eigenvalue weighted by atomic mass is 16.5. The summed E-state index contributed by atoms with van der Waals surface area (Å²) in [5.74, 6) is -0.916. The minimum atomic E-state index is -0.587. The van der Waals surface area contributed by atoms with Crippen molar-refractivity contribution in [1.29, 1.82) is 0 Å². The predicted octanol–water partition coefficient (Wildman–Crippen LogP) is 0.901. The van der Waals surface area contributed by atoms with Gasteiger partial charge < -0.3 is 21.1 Å². The molecule has 0 aliphatic carbocycles. The van der Waals surface area contributed by atoms with Crippen molar-refractivity contribution in [1.82, 2.24) is 5.32 Å². The monoisotopic (exact) mass is 321 g/mol. The molecule has 0 saturated heterocycles. The number of anilines is 1. The van der Waals surface area contributed by atoms with E-state index in [4.69, 9.17) is 5.73 Å². The molecule has 0 unspecified atom stereocenters. The van der Waals surface area contributed by atoms with Crippen LogP contribution in [0, 0.1) is 5.92 Å². The van der Waals surface area contributed by atoms with Gasteiger partial charge in [0.2, 0.25) is 5.91 Å². The standard InChI is InChI=1S/C16H23N3O4/c1-10(2)14(17)16(22)19-12-6-4-11(5-7-12)15(21)18-9-8-13(20)23-3/h4-7,10,14H,8-9,17H2,1-3H3,(H,18,21)(H,19,22)/t14-/m0/s1. The fraction of sp³-hybridized carbons (Fsp3) is 0.438. The predicted molar refractivity (Wildman–Crippen MR) is 86.9 cm³/mol. The maximum absolute atomic E-state index is 11.9. The fourth-order valence-electron chi connectivity index (χ4n) is 1.72. The summed E-state index contributed by atoms with van der Waals surface area (Å²) in [6, 6.07) is 5.84. The van der Waals surface area contributed by atoms with E-state index in [1.807, 2.05) is 13.8 Å². The molecule has 1 rings (SSSR count). The Morgan fingerprint density at radius 2 is 1.78 bits per heavy atom. The van der Waals surface area contributed by atoms with Gasteiger partial charge >= 0.3 is 5.97 Å². The maximum Gasteiger partial charge on any atom is 0.307 e. The van der Waals surface area contributed by atoms with Crippen LogP contribution in [0.1, 0.15) is 30.6 Å². The molecule has 0 aliphatic rings. The minimum Gasteiger partial charge on any atom is -0.469 e. The van der Waals surface area contributed by atoms with E-state index in [1.54, 1.807) is 24.3 Å². The molecule has 0 radical (unpaired) electrons. The highest BCUT2D eigenvalue weighted by Gasteiger charge is 2.17. The van der Waals surface area contributed by atoms with Gasteiger partial charge in [-0.3, -0.25) is 14.4 Å². The lowest BCUT2D eigenvalue weighted by molar-refractivity contribution is -0.140. The number of benzene rings is 1. The number of amides is 2. The molecule has 23 heavy (non-hydrogen) atoms. The number of methoxy groups -OCH3 is 1. The van der Waals surface area contributed by atoms with Gasteiger partial charge in [-0.15, -0.1) is 0 Å². The molecule has 0 bridgehead atoms. The first-order chi connectivity index (χ1) is 10.8. The summed E-state index contributed by atoms with van der Waals surface area (Å²) in [5.41, 5.74) is 6.76. The second-order valence-corrected chi connectivity index (χ2v) is 5.42. The average molecular weight is 321 g/mol. The van der Waals surface area contributed by atoms with Gasteiger partial charge in [-0.25, -0.2) is 0 Å². The zero-order chi connectivity index (χ0) is 17.4. The number of hydrogen-bond acceptors (Lipinski definition) is 5. The van der Waals surface area contributed by atoms with Crippen molar-refractivity contribution in [2.75, 3.05) is 19.0 Å². The maximum atomic E-state index is 11.9. The van der Waals surface area contributed by atoms with E-state index in [2.05, 4.69) is 15.4 Å². The van der Waals surface area contributed by atoms with Crippen LogP contribution in [0.3, 0.4) is 0 Å². The Bertz CT molecular complexity index is 555. The van der Waals surface area contributed by atoms with Crippen molar-refractivity contribution in [2.45, 2.75) is 26.3 Å². The summed E-state index contributed by atoms with van der Waals surface area (Å²) in [7, 11) is 1.29. The minimum absolute atomic E-state index is 0.0369. The van der Waals surface area contributed by atoms with E-state index in [0.717, 1.165) is 0 Å². The number of nitrogens with one attached hydrogen (secondary N) is 2. The lowest BCUT2D eigenvalue weighted by Crippen LogP contribution is -2.39. The van der Waals surface area contributed by atoms with Crippen LogP contribution in [0.2, 0.25) is 0 Å². The van der Waals surface area contributed by atoms with Crippen molar-refractivity contribution >= 4 is 23.5 Å². The molecule has 0 saturated carbocycles. The Balaban J connectivity index is 2.54. The van der Waals surface area contributed by atoms with Crippen molar-refractivity contribution < 1.29 is 19.1 Å². The quantitative estimate of drug-likeness (QED) is 0.646. The molecule has 1 aromatic rings. The lowest BCUT2D eigenvalue weighted by Gasteiger charge is -2.15. The summed E-state index contributed by atoms with van der Waals surface area (Å²) in [6.07, 6.45) is 0.115. The first kappa shape index (κ1) is 18.6. The summed E-state index contributed by atoms with van der Waals surface area (Å²) in [4.78, 5) is 34.7. The van der Waals surface area contributed by atoms with Crippen molar-refractivity contribution in [3.63, 3.8) is 0 Å². The highest BCUT2D eigenvalue weighted by molar-refractivity contribution is 5.97. The first-order valence-electron chi connectivity index (χ1n) is 7.36. The number of esters is 1. The van der Waals surface area contributed by atoms with E-state index < -0.39 is 6.04 Å². The molecule has 126 valence electrons. The van der Waals surface area contributed by atoms with E-state index in [-0.39, 0.29) is 36.7 Å². The van der Waals surface area contributed by atoms with Crippen LogP contribution in [0.25, 0.3) is 0 Å². The second-order valence-electron chi connectivity index (χ2n) is 5.42. The summed E-state index contributed by atoms with van der Waals surface area (Å²) in [6.45, 7) is 3.94. The Morgan fingerprint density at radius 3 is 2.30 bits per heavy atom. The summed E-state index contributed by atoms with van der Waals surface area (Å²) in [5, 5.41) is 5.31. The summed E-state index contributed by atoms with van der Waals surface area (Å²) >= 11 is 0. The molecular formula is C16H23N3O4. The van der Waals surface area contributed by atoms with Crippen LogP contribution in [0.15, 0.2) is 24.3 Å². The zero-order valence-electron chi connectivity index (χ0n) is 13.6. The number of hydrogen-bond donors (Lipinski definition) is 3. The van der Waals surface area contributed by atoms with Crippen LogP contribution in [0.4, 0.5) is 5.69 Å². The molecular weight excluding hydrogens is 298 g/mol. The number of nitrogens with two attached hydrogens (primary N) is 1. The topological polar surface area (TPSA) is 111 Å². The molecule has 0 fully saturated rings. The second kappa shape index (κ2) is 8.89. The largest absolute Gasteiger partial charge is 0.469 e. The molecule has 0 heterocycles. The molecule has 1 atom stereocenters. The van der Waals surface area contributed by atoms with Crippen LogP contribution >= 0.6 is 0 Å². The van der Waals surface area contributed by atoms with Crippen molar-refractivity contribution in [3.8, 4) is 0 Å². The van der Waals surface area contributed by atoms with E-state index in [9.17, 15) is 14.4 Å². The molecule has 0 aromatic heterocycles. The third kappa shape index (κ3) is 6.07. The Labute approximate surface area is 135 Å². The van der Waals surface area contributed by atoms with Gasteiger partial charge in [-0.2, -0.15) is 0 Å². The Morgan fingerprint density at radius 1 is 1.17 bits per heavy atom. The molecule has 0 spiro atoms. The number of rotatable bonds is 7. The van der Waals surface area contributed by atoms with Gasteiger partial charge in [0, 0.05) is 17.8 Å². The fourth-order valence-corrected chi connectivity index (χ4v) is 1.72. The van der Waals surface area contributed by atoms with Gasteiger partial charge in [0.05, 0.1) is 19.6 Å². The van der Waals surface area contributed by atoms with E-state index in [1.165, 1.54) is 7.11 Å². The zero-order valence-corrected chi connectivity index (χ0v) is 13.6. The highest BCUT2D eigenvalue weighted by Crippen LogP contribution is 2.11. The summed E-state index contributed by atoms with van der Waals surface area (Å²) < 4.78 is 4.49. The number of ether oxygens (including phenoxy) is 1. The molecule has 7 heteroatoms. The van der Waals surface area contributed by atoms with Crippen LogP contribution in [-0.4, -0.2) is 37.5 Å². The Hall–Kier alpha value is -2.41. The van der Waals surface area contributed by atoms with Gasteiger partial charge in [-0.05, 0) is 30.2 Å². The smallest absolute Gasteiger partial charge is 0.307 e. The van der Waals surface area contributed by atoms with Crippen LogP contribution in [-0.2, 0) is 14.3 Å². The molecule has 7 nitrogen and oxygen atoms in total. The molecule has 1 aromatic carbocycles. The first-order valence-corrected chi connectivity index (χ1v) is 7.36. The van der Waals surface area contributed by atoms with E-state index in [0.29, 0.717) is 11.3 Å². The molecule has 0 aliphatic heterocycles. The Kier molecular flexibility index (Phi) is 7.21. The number of carbonyl (C=O) groups is 3. The van der Waals surface area contributed by atoms with Crippen LogP contribution < -0.4 is 16.4 Å². The number of carbonyl (C=O) groups excluding carboxylic acids is 3. The molecule has 2 amide bonds. The van der Waals surface area contributed by atoms with Gasteiger partial charge in [-0.1, -0.05) is 13.8 Å². The lowest BCUT2D eigenvalue weighted by atomic mass is 10.0.